The topological polar surface area (TPSA) is 40.7 Å². The van der Waals surface area contributed by atoms with Crippen LogP contribution < -0.4 is 5.32 Å². The molecule has 0 aromatic carbocycles. The van der Waals surface area contributed by atoms with Crippen LogP contribution in [0.2, 0.25) is 0 Å². The molecule has 0 fully saturated rings. The highest BCUT2D eigenvalue weighted by atomic mass is 32.1. The maximum absolute atomic E-state index is 4.18. The van der Waals surface area contributed by atoms with Crippen LogP contribution >= 0.6 is 11.3 Å². The van der Waals surface area contributed by atoms with Crippen molar-refractivity contribution in [2.45, 2.75) is 26.8 Å². The fourth-order valence-electron chi connectivity index (χ4n) is 1.72. The lowest BCUT2D eigenvalue weighted by Crippen LogP contribution is -2.17. The Morgan fingerprint density at radius 3 is 2.94 bits per heavy atom. The first-order valence-electron chi connectivity index (χ1n) is 5.49. The summed E-state index contributed by atoms with van der Waals surface area (Å²) in [7, 11) is 0. The molecule has 0 aliphatic heterocycles. The van der Waals surface area contributed by atoms with E-state index in [1.807, 2.05) is 6.92 Å². The molecule has 0 radical (unpaired) electrons. The van der Waals surface area contributed by atoms with Gasteiger partial charge in [-0.15, -0.1) is 0 Å². The zero-order valence-corrected chi connectivity index (χ0v) is 10.5. The predicted octanol–water partition coefficient (Wildman–Crippen LogP) is 2.42. The third-order valence-corrected chi connectivity index (χ3v) is 3.49. The number of rotatable bonds is 5. The molecule has 86 valence electrons. The highest BCUT2D eigenvalue weighted by Gasteiger charge is 2.04. The summed E-state index contributed by atoms with van der Waals surface area (Å²) in [6.07, 6.45) is 1.10. The average Bonchev–Trinajstić information content (AvgIpc) is 2.87. The van der Waals surface area contributed by atoms with Crippen molar-refractivity contribution >= 4 is 11.3 Å². The van der Waals surface area contributed by atoms with E-state index in [1.165, 1.54) is 16.8 Å². The highest BCUT2D eigenvalue weighted by molar-refractivity contribution is 7.07. The minimum Gasteiger partial charge on any atom is -0.312 e. The Morgan fingerprint density at radius 1 is 1.44 bits per heavy atom. The van der Waals surface area contributed by atoms with Gasteiger partial charge in [-0.2, -0.15) is 16.4 Å². The number of hydrogen-bond acceptors (Lipinski definition) is 3. The molecule has 0 amide bonds. The smallest absolute Gasteiger partial charge is 0.0638 e. The zero-order chi connectivity index (χ0) is 11.4. The van der Waals surface area contributed by atoms with Crippen molar-refractivity contribution < 1.29 is 0 Å². The fourth-order valence-corrected chi connectivity index (χ4v) is 2.42. The Balaban J connectivity index is 1.76. The Hall–Kier alpha value is -1.13. The lowest BCUT2D eigenvalue weighted by Gasteiger charge is -2.04. The van der Waals surface area contributed by atoms with Gasteiger partial charge >= 0.3 is 0 Å². The fraction of sp³-hybridized carbons (Fsp3) is 0.417. The van der Waals surface area contributed by atoms with Gasteiger partial charge in [-0.3, -0.25) is 5.10 Å². The Labute approximate surface area is 99.9 Å². The van der Waals surface area contributed by atoms with Crippen molar-refractivity contribution in [3.05, 3.63) is 39.3 Å². The van der Waals surface area contributed by atoms with Crippen LogP contribution in [0.4, 0.5) is 0 Å². The van der Waals surface area contributed by atoms with Crippen molar-refractivity contribution in [1.82, 2.24) is 15.5 Å². The van der Waals surface area contributed by atoms with Gasteiger partial charge < -0.3 is 5.32 Å². The van der Waals surface area contributed by atoms with Crippen LogP contribution in [-0.2, 0) is 13.0 Å². The van der Waals surface area contributed by atoms with E-state index in [0.717, 1.165) is 25.2 Å². The first-order valence-corrected chi connectivity index (χ1v) is 6.44. The molecule has 0 saturated carbocycles. The van der Waals surface area contributed by atoms with E-state index in [9.17, 15) is 0 Å². The van der Waals surface area contributed by atoms with Crippen molar-refractivity contribution in [2.24, 2.45) is 0 Å². The Kier molecular flexibility index (Phi) is 3.74. The molecule has 0 aliphatic rings. The number of nitrogens with one attached hydrogen (secondary N) is 2. The predicted molar refractivity (Wildman–Crippen MR) is 67.8 cm³/mol. The molecule has 2 aromatic heterocycles. The summed E-state index contributed by atoms with van der Waals surface area (Å²) in [6.45, 7) is 6.02. The molecular weight excluding hydrogens is 218 g/mol. The van der Waals surface area contributed by atoms with Gasteiger partial charge in [0.1, 0.15) is 0 Å². The van der Waals surface area contributed by atoms with Gasteiger partial charge in [0, 0.05) is 17.8 Å². The Bertz CT molecular complexity index is 412. The first kappa shape index (κ1) is 11.4. The third-order valence-electron chi connectivity index (χ3n) is 2.75. The minimum absolute atomic E-state index is 0.901. The van der Waals surface area contributed by atoms with Crippen LogP contribution in [0.15, 0.2) is 16.8 Å². The van der Waals surface area contributed by atoms with E-state index in [4.69, 9.17) is 0 Å². The SMILES string of the molecule is Cc1n[nH]c(C)c1CNCCc1ccsc1. The van der Waals surface area contributed by atoms with E-state index in [2.05, 4.69) is 39.3 Å². The van der Waals surface area contributed by atoms with E-state index >= 15 is 0 Å². The van der Waals surface area contributed by atoms with Crippen molar-refractivity contribution in [1.29, 1.82) is 0 Å². The number of aryl methyl sites for hydroxylation is 2. The summed E-state index contributed by atoms with van der Waals surface area (Å²) >= 11 is 1.76. The summed E-state index contributed by atoms with van der Waals surface area (Å²) in [5.74, 6) is 0. The normalized spacial score (nSPS) is 10.9. The zero-order valence-electron chi connectivity index (χ0n) is 9.71. The van der Waals surface area contributed by atoms with Crippen LogP contribution in [0.5, 0.6) is 0 Å². The molecule has 0 bridgehead atoms. The average molecular weight is 235 g/mol. The maximum atomic E-state index is 4.18. The summed E-state index contributed by atoms with van der Waals surface area (Å²) in [5, 5.41) is 15.0. The molecule has 2 heterocycles. The largest absolute Gasteiger partial charge is 0.312 e. The van der Waals surface area contributed by atoms with Gasteiger partial charge in [0.15, 0.2) is 0 Å². The standard InChI is InChI=1S/C12H17N3S/c1-9-12(10(2)15-14-9)7-13-5-3-11-4-6-16-8-11/h4,6,8,13H,3,5,7H2,1-2H3,(H,14,15). The van der Waals surface area contributed by atoms with Crippen LogP contribution in [0.3, 0.4) is 0 Å². The summed E-state index contributed by atoms with van der Waals surface area (Å²) < 4.78 is 0. The number of aromatic amines is 1. The number of hydrogen-bond donors (Lipinski definition) is 2. The molecule has 0 saturated heterocycles. The minimum atomic E-state index is 0.901. The second-order valence-electron chi connectivity index (χ2n) is 3.97. The van der Waals surface area contributed by atoms with Crippen molar-refractivity contribution in [2.75, 3.05) is 6.54 Å². The molecular formula is C12H17N3S. The molecule has 2 rings (SSSR count). The number of H-pyrrole nitrogens is 1. The van der Waals surface area contributed by atoms with Crippen LogP contribution in [0.1, 0.15) is 22.5 Å². The van der Waals surface area contributed by atoms with Gasteiger partial charge in [0.05, 0.1) is 5.69 Å². The van der Waals surface area contributed by atoms with Crippen LogP contribution in [0.25, 0.3) is 0 Å². The van der Waals surface area contributed by atoms with Gasteiger partial charge in [-0.05, 0) is 49.2 Å². The number of aromatic nitrogens is 2. The van der Waals surface area contributed by atoms with Gasteiger partial charge in [0.25, 0.3) is 0 Å². The highest BCUT2D eigenvalue weighted by Crippen LogP contribution is 2.09. The van der Waals surface area contributed by atoms with Gasteiger partial charge in [0.2, 0.25) is 0 Å². The van der Waals surface area contributed by atoms with Gasteiger partial charge in [-0.25, -0.2) is 0 Å². The van der Waals surface area contributed by atoms with E-state index in [1.54, 1.807) is 11.3 Å². The van der Waals surface area contributed by atoms with Crippen LogP contribution in [-0.4, -0.2) is 16.7 Å². The summed E-state index contributed by atoms with van der Waals surface area (Å²) in [4.78, 5) is 0. The number of thiophene rings is 1. The number of nitrogens with zero attached hydrogens (tertiary/aromatic N) is 1. The molecule has 0 atom stereocenters. The summed E-state index contributed by atoms with van der Waals surface area (Å²) in [6, 6.07) is 2.18. The summed E-state index contributed by atoms with van der Waals surface area (Å²) in [5.41, 5.74) is 4.98. The molecule has 16 heavy (non-hydrogen) atoms. The molecule has 2 aromatic rings. The quantitative estimate of drug-likeness (QED) is 0.781. The lowest BCUT2D eigenvalue weighted by molar-refractivity contribution is 0.683. The second kappa shape index (κ2) is 5.27. The van der Waals surface area contributed by atoms with E-state index < -0.39 is 0 Å². The third kappa shape index (κ3) is 2.71. The van der Waals surface area contributed by atoms with Gasteiger partial charge in [-0.1, -0.05) is 0 Å². The Morgan fingerprint density at radius 2 is 2.31 bits per heavy atom. The molecule has 2 N–H and O–H groups in total. The van der Waals surface area contributed by atoms with E-state index in [-0.39, 0.29) is 0 Å². The van der Waals surface area contributed by atoms with Crippen molar-refractivity contribution in [3.63, 3.8) is 0 Å². The molecule has 0 aliphatic carbocycles. The monoisotopic (exact) mass is 235 g/mol. The second-order valence-corrected chi connectivity index (χ2v) is 4.75. The molecule has 0 unspecified atom stereocenters. The molecule has 0 spiro atoms. The first-order chi connectivity index (χ1) is 7.77. The molecule has 4 heteroatoms. The maximum Gasteiger partial charge on any atom is 0.0638 e. The van der Waals surface area contributed by atoms with E-state index in [0.29, 0.717) is 0 Å². The molecule has 3 nitrogen and oxygen atoms in total. The van der Waals surface area contributed by atoms with Crippen molar-refractivity contribution in [3.8, 4) is 0 Å². The van der Waals surface area contributed by atoms with Crippen LogP contribution in [0, 0.1) is 13.8 Å². The lowest BCUT2D eigenvalue weighted by atomic mass is 10.2.